The molecule has 1 aromatic heterocycles. The molecule has 2 heteroatoms. The van der Waals surface area contributed by atoms with Crippen LogP contribution in [0.15, 0.2) is 79.0 Å². The van der Waals surface area contributed by atoms with Gasteiger partial charge in [0.2, 0.25) is 5.69 Å². The summed E-state index contributed by atoms with van der Waals surface area (Å²) in [6, 6.07) is 29.7. The van der Waals surface area contributed by atoms with Gasteiger partial charge in [-0.2, -0.15) is 0 Å². The number of aryl methyl sites for hydroxylation is 3. The van der Waals surface area contributed by atoms with E-state index in [-0.39, 0.29) is 5.41 Å². The fourth-order valence-electron chi connectivity index (χ4n) is 8.18. The molecule has 2 fully saturated rings. The van der Waals surface area contributed by atoms with E-state index in [1.54, 1.807) is 21.5 Å². The van der Waals surface area contributed by atoms with E-state index in [9.17, 15) is 0 Å². The van der Waals surface area contributed by atoms with Gasteiger partial charge in [0.15, 0.2) is 6.20 Å². The molecule has 2 aliphatic heterocycles. The number of nitrogens with zero attached hydrogens (tertiary/aromatic N) is 1. The predicted octanol–water partition coefficient (Wildman–Crippen LogP) is 6.99. The topological polar surface area (TPSA) is 3.88 Å². The third-order valence-corrected chi connectivity index (χ3v) is 15.3. The minimum absolute atomic E-state index is 0.119. The zero-order valence-electron chi connectivity index (χ0n) is 25.1. The normalized spacial score (nSPS) is 20.3. The first-order valence-corrected chi connectivity index (χ1v) is 16.5. The fourth-order valence-corrected chi connectivity index (χ4v) is 14.0. The van der Waals surface area contributed by atoms with Gasteiger partial charge in [-0.25, -0.2) is 4.57 Å². The molecule has 0 bridgehead atoms. The zero-order chi connectivity index (χ0) is 27.7. The van der Waals surface area contributed by atoms with E-state index in [0.717, 1.165) is 22.4 Å². The predicted molar refractivity (Wildman–Crippen MR) is 158 cm³/mol. The molecule has 0 atom stereocenters. The van der Waals surface area contributed by atoms with Crippen molar-refractivity contribution in [1.29, 1.82) is 0 Å². The number of benzene rings is 3. The quantitative estimate of drug-likeness (QED) is 0.205. The first-order chi connectivity index (χ1) is 19.2. The molecule has 1 aliphatic carbocycles. The van der Waals surface area contributed by atoms with Gasteiger partial charge in [0.1, 0.15) is 15.1 Å². The summed E-state index contributed by atoms with van der Waals surface area (Å²) in [5.41, 5.74) is 9.02. The molecular formula is C35H38NSi+. The molecule has 3 aromatic carbocycles. The van der Waals surface area contributed by atoms with Crippen molar-refractivity contribution in [3.05, 3.63) is 101 Å². The van der Waals surface area contributed by atoms with Crippen LogP contribution in [0.25, 0.3) is 22.4 Å². The van der Waals surface area contributed by atoms with Crippen LogP contribution in [0.1, 0.15) is 64.9 Å². The molecule has 3 aliphatic rings. The molecule has 0 unspecified atom stereocenters. The molecular weight excluding hydrogens is 462 g/mol. The molecule has 186 valence electrons. The molecule has 2 spiro atoms. The number of fused-ring (bicyclic) bond motifs is 6. The number of hydrogen-bond acceptors (Lipinski definition) is 0. The molecule has 1 nitrogen and oxygen atoms in total. The second kappa shape index (κ2) is 8.53. The van der Waals surface area contributed by atoms with Crippen LogP contribution in [-0.2, 0) is 12.5 Å². The van der Waals surface area contributed by atoms with Gasteiger partial charge in [0.05, 0.1) is 0 Å². The van der Waals surface area contributed by atoms with Gasteiger partial charge in [0, 0.05) is 26.7 Å². The van der Waals surface area contributed by atoms with Gasteiger partial charge in [0.25, 0.3) is 0 Å². The third-order valence-electron chi connectivity index (χ3n) is 9.93. The molecule has 3 heterocycles. The number of pyridine rings is 1. The maximum absolute atomic E-state index is 8.48. The summed E-state index contributed by atoms with van der Waals surface area (Å²) >= 11 is 0. The molecule has 7 rings (SSSR count). The van der Waals surface area contributed by atoms with Gasteiger partial charge in [-0.05, 0) is 77.8 Å². The van der Waals surface area contributed by atoms with Crippen molar-refractivity contribution in [1.82, 2.24) is 0 Å². The standard InChI is InChI=1S/C35H38NSi/c1-25-12-4-5-13-28(25)32-23-29(26(2)24-36(32)3)27-16-17-31-34(22-27)37(20-10-11-21-37)33-15-7-6-14-30(33)35(31)18-8-9-19-35/h4-7,12-17,22-24H,8-11,18-21H2,1-3H3/q+1/i2D3. The lowest BCUT2D eigenvalue weighted by molar-refractivity contribution is -0.660. The van der Waals surface area contributed by atoms with Crippen molar-refractivity contribution in [3.63, 3.8) is 0 Å². The van der Waals surface area contributed by atoms with E-state index in [0.29, 0.717) is 5.56 Å². The van der Waals surface area contributed by atoms with Crippen LogP contribution in [0.2, 0.25) is 12.1 Å². The average molecular weight is 504 g/mol. The van der Waals surface area contributed by atoms with E-state index < -0.39 is 14.9 Å². The van der Waals surface area contributed by atoms with Crippen LogP contribution in [-0.4, -0.2) is 8.07 Å². The van der Waals surface area contributed by atoms with Crippen molar-refractivity contribution in [3.8, 4) is 22.4 Å². The van der Waals surface area contributed by atoms with Crippen molar-refractivity contribution in [2.75, 3.05) is 0 Å². The van der Waals surface area contributed by atoms with Crippen molar-refractivity contribution >= 4 is 18.4 Å². The Morgan fingerprint density at radius 1 is 0.757 bits per heavy atom. The maximum Gasteiger partial charge on any atom is 0.213 e. The number of aromatic nitrogens is 1. The van der Waals surface area contributed by atoms with Crippen LogP contribution >= 0.6 is 0 Å². The lowest BCUT2D eigenvalue weighted by Gasteiger charge is -2.46. The number of hydrogen-bond donors (Lipinski definition) is 0. The molecule has 37 heavy (non-hydrogen) atoms. The highest BCUT2D eigenvalue weighted by Gasteiger charge is 2.53. The highest BCUT2D eigenvalue weighted by Crippen LogP contribution is 2.50. The van der Waals surface area contributed by atoms with Gasteiger partial charge in [-0.3, -0.25) is 0 Å². The summed E-state index contributed by atoms with van der Waals surface area (Å²) in [5, 5.41) is 3.28. The van der Waals surface area contributed by atoms with Crippen molar-refractivity contribution in [2.45, 2.75) is 69.8 Å². The maximum atomic E-state index is 8.48. The summed E-state index contributed by atoms with van der Waals surface area (Å²) in [6.45, 7) is -0.0749. The van der Waals surface area contributed by atoms with Crippen molar-refractivity contribution < 1.29 is 8.68 Å². The summed E-state index contributed by atoms with van der Waals surface area (Å²) in [7, 11) is 0.0420. The largest absolute Gasteiger partial charge is 0.213 e. The molecule has 1 saturated carbocycles. The minimum atomic E-state index is -2.20. The molecule has 0 N–H and O–H groups in total. The fraction of sp³-hybridized carbons (Fsp3) is 0.343. The molecule has 4 aromatic rings. The van der Waals surface area contributed by atoms with Gasteiger partial charge < -0.3 is 0 Å². The van der Waals surface area contributed by atoms with E-state index in [4.69, 9.17) is 4.11 Å². The Bertz CT molecular complexity index is 1620. The Balaban J connectivity index is 1.50. The van der Waals surface area contributed by atoms with Gasteiger partial charge in [-0.15, -0.1) is 0 Å². The van der Waals surface area contributed by atoms with Crippen LogP contribution in [0.3, 0.4) is 0 Å². The molecule has 1 saturated heterocycles. The van der Waals surface area contributed by atoms with Crippen LogP contribution in [0.4, 0.5) is 0 Å². The highest BCUT2D eigenvalue weighted by atomic mass is 28.3. The molecule has 0 radical (unpaired) electrons. The zero-order valence-corrected chi connectivity index (χ0v) is 23.1. The summed E-state index contributed by atoms with van der Waals surface area (Å²) in [5.74, 6) is 0. The van der Waals surface area contributed by atoms with Gasteiger partial charge in [-0.1, -0.05) is 91.5 Å². The number of rotatable bonds is 2. The first-order valence-electron chi connectivity index (χ1n) is 15.6. The monoisotopic (exact) mass is 503 g/mol. The second-order valence-corrected chi connectivity index (χ2v) is 16.0. The average Bonchev–Trinajstić information content (AvgIpc) is 3.64. The van der Waals surface area contributed by atoms with E-state index >= 15 is 0 Å². The minimum Gasteiger partial charge on any atom is -0.201 e. The summed E-state index contributed by atoms with van der Waals surface area (Å²) in [6.07, 6.45) is 9.46. The Morgan fingerprint density at radius 3 is 2.27 bits per heavy atom. The lowest BCUT2D eigenvalue weighted by Crippen LogP contribution is -2.64. The van der Waals surface area contributed by atoms with Crippen LogP contribution < -0.4 is 14.9 Å². The van der Waals surface area contributed by atoms with E-state index in [2.05, 4.69) is 79.7 Å². The SMILES string of the molecule is [2H]C([2H])([2H])c1c[n+](C)c(-c2ccccc2C)cc1-c1ccc2c(c1)[Si]1(CCCC1)c1ccccc1C21CCCC1. The van der Waals surface area contributed by atoms with E-state index in [1.807, 2.05) is 17.8 Å². The highest BCUT2D eigenvalue weighted by molar-refractivity contribution is 7.03. The molecule has 0 amide bonds. The first kappa shape index (κ1) is 20.0. The van der Waals surface area contributed by atoms with Crippen molar-refractivity contribution in [2.24, 2.45) is 7.05 Å². The van der Waals surface area contributed by atoms with Crippen LogP contribution in [0.5, 0.6) is 0 Å². The summed E-state index contributed by atoms with van der Waals surface area (Å²) < 4.78 is 27.4. The van der Waals surface area contributed by atoms with E-state index in [1.165, 1.54) is 56.2 Å². The smallest absolute Gasteiger partial charge is 0.201 e. The lowest BCUT2D eigenvalue weighted by atomic mass is 9.72. The summed E-state index contributed by atoms with van der Waals surface area (Å²) in [4.78, 5) is 0. The third kappa shape index (κ3) is 3.31. The Morgan fingerprint density at radius 2 is 1.49 bits per heavy atom. The van der Waals surface area contributed by atoms with Gasteiger partial charge >= 0.3 is 0 Å². The Hall–Kier alpha value is -2.97. The Kier molecular flexibility index (Phi) is 4.62. The van der Waals surface area contributed by atoms with Crippen LogP contribution in [0, 0.1) is 13.8 Å². The Labute approximate surface area is 227 Å². The second-order valence-electron chi connectivity index (χ2n) is 11.8.